The fourth-order valence-corrected chi connectivity index (χ4v) is 1.44. The Kier molecular flexibility index (Phi) is 2.92. The summed E-state index contributed by atoms with van der Waals surface area (Å²) in [6.07, 6.45) is 3.54. The fourth-order valence-electron chi connectivity index (χ4n) is 1.44. The summed E-state index contributed by atoms with van der Waals surface area (Å²) < 4.78 is 0. The lowest BCUT2D eigenvalue weighted by Crippen LogP contribution is -1.75. The van der Waals surface area contributed by atoms with Crippen molar-refractivity contribution in [1.29, 1.82) is 0 Å². The van der Waals surface area contributed by atoms with E-state index in [0.29, 0.717) is 0 Å². The summed E-state index contributed by atoms with van der Waals surface area (Å²) in [5.74, 6) is 0.461. The molecule has 0 bridgehead atoms. The molecule has 2 rings (SSSR count). The minimum Gasteiger partial charge on any atom is -0.507 e. The van der Waals surface area contributed by atoms with Gasteiger partial charge in [0.1, 0.15) is 11.5 Å². The van der Waals surface area contributed by atoms with Gasteiger partial charge in [-0.3, -0.25) is 0 Å². The average molecular weight is 212 g/mol. The highest BCUT2D eigenvalue weighted by atomic mass is 16.3. The van der Waals surface area contributed by atoms with Crippen molar-refractivity contribution in [2.75, 3.05) is 0 Å². The minimum absolute atomic E-state index is 0.231. The maximum atomic E-state index is 9.54. The topological polar surface area (TPSA) is 40.5 Å². The molecule has 16 heavy (non-hydrogen) atoms. The molecule has 0 aromatic heterocycles. The number of phenols is 2. The van der Waals surface area contributed by atoms with E-state index >= 15 is 0 Å². The normalized spacial score (nSPS) is 10.8. The number of rotatable bonds is 2. The molecular formula is C14H12O2. The number of para-hydroxylation sites is 2. The van der Waals surface area contributed by atoms with Crippen LogP contribution < -0.4 is 0 Å². The number of benzene rings is 2. The number of phenolic OH excluding ortho intramolecular Hbond substituents is 2. The first-order chi connectivity index (χ1) is 7.77. The maximum absolute atomic E-state index is 9.54. The summed E-state index contributed by atoms with van der Waals surface area (Å²) in [6.45, 7) is 0. The molecule has 0 amide bonds. The highest BCUT2D eigenvalue weighted by Gasteiger charge is 1.96. The zero-order valence-electron chi connectivity index (χ0n) is 8.67. The van der Waals surface area contributed by atoms with E-state index in [2.05, 4.69) is 0 Å². The standard InChI is InChI=1S/C14H12O2/c15-13-7-3-1-5-11(13)9-10-12-6-2-4-8-14(12)16/h1-10,15-16H. The molecule has 0 aliphatic heterocycles. The molecular weight excluding hydrogens is 200 g/mol. The van der Waals surface area contributed by atoms with Crippen LogP contribution in [-0.2, 0) is 0 Å². The van der Waals surface area contributed by atoms with E-state index in [1.165, 1.54) is 0 Å². The summed E-state index contributed by atoms with van der Waals surface area (Å²) in [7, 11) is 0. The Morgan fingerprint density at radius 2 is 1.00 bits per heavy atom. The third-order valence-electron chi connectivity index (χ3n) is 2.32. The third-order valence-corrected chi connectivity index (χ3v) is 2.32. The van der Waals surface area contributed by atoms with Crippen molar-refractivity contribution in [1.82, 2.24) is 0 Å². The van der Waals surface area contributed by atoms with Crippen LogP contribution in [0.4, 0.5) is 0 Å². The molecule has 0 atom stereocenters. The van der Waals surface area contributed by atoms with Crippen LogP contribution >= 0.6 is 0 Å². The van der Waals surface area contributed by atoms with E-state index in [9.17, 15) is 10.2 Å². The van der Waals surface area contributed by atoms with Gasteiger partial charge in [0.05, 0.1) is 0 Å². The van der Waals surface area contributed by atoms with Crippen LogP contribution in [0.1, 0.15) is 11.1 Å². The van der Waals surface area contributed by atoms with Gasteiger partial charge in [0.25, 0.3) is 0 Å². The SMILES string of the molecule is Oc1ccccc1C=Cc1ccccc1O. The lowest BCUT2D eigenvalue weighted by Gasteiger charge is -1.99. The zero-order chi connectivity index (χ0) is 11.4. The van der Waals surface area contributed by atoms with Gasteiger partial charge in [0, 0.05) is 11.1 Å². The highest BCUT2D eigenvalue weighted by Crippen LogP contribution is 2.22. The Morgan fingerprint density at radius 3 is 1.38 bits per heavy atom. The van der Waals surface area contributed by atoms with Crippen LogP contribution in [0.3, 0.4) is 0 Å². The van der Waals surface area contributed by atoms with Crippen LogP contribution in [-0.4, -0.2) is 10.2 Å². The van der Waals surface area contributed by atoms with Crippen LogP contribution in [0.2, 0.25) is 0 Å². The molecule has 0 radical (unpaired) electrons. The van der Waals surface area contributed by atoms with Crippen LogP contribution in [0, 0.1) is 0 Å². The van der Waals surface area contributed by atoms with Crippen LogP contribution in [0.15, 0.2) is 48.5 Å². The third kappa shape index (κ3) is 2.23. The monoisotopic (exact) mass is 212 g/mol. The van der Waals surface area contributed by atoms with Gasteiger partial charge in [-0.1, -0.05) is 48.6 Å². The molecule has 0 fully saturated rings. The van der Waals surface area contributed by atoms with Gasteiger partial charge in [-0.15, -0.1) is 0 Å². The van der Waals surface area contributed by atoms with Gasteiger partial charge in [-0.05, 0) is 12.1 Å². The van der Waals surface area contributed by atoms with Crippen molar-refractivity contribution in [3.8, 4) is 11.5 Å². The molecule has 0 aliphatic carbocycles. The molecule has 2 nitrogen and oxygen atoms in total. The van der Waals surface area contributed by atoms with Crippen molar-refractivity contribution >= 4 is 12.2 Å². The van der Waals surface area contributed by atoms with Gasteiger partial charge in [-0.25, -0.2) is 0 Å². The van der Waals surface area contributed by atoms with Gasteiger partial charge in [-0.2, -0.15) is 0 Å². The maximum Gasteiger partial charge on any atom is 0.122 e. The largest absolute Gasteiger partial charge is 0.507 e. The Hall–Kier alpha value is -2.22. The summed E-state index contributed by atoms with van der Waals surface area (Å²) in [4.78, 5) is 0. The summed E-state index contributed by atoms with van der Waals surface area (Å²) in [5.41, 5.74) is 1.46. The van der Waals surface area contributed by atoms with Crippen molar-refractivity contribution in [2.24, 2.45) is 0 Å². The first-order valence-electron chi connectivity index (χ1n) is 5.01. The molecule has 0 heterocycles. The van der Waals surface area contributed by atoms with Crippen molar-refractivity contribution in [3.05, 3.63) is 59.7 Å². The predicted molar refractivity (Wildman–Crippen MR) is 65.1 cm³/mol. The van der Waals surface area contributed by atoms with Crippen LogP contribution in [0.5, 0.6) is 11.5 Å². The van der Waals surface area contributed by atoms with Crippen molar-refractivity contribution in [3.63, 3.8) is 0 Å². The molecule has 0 saturated carbocycles. The van der Waals surface area contributed by atoms with Crippen molar-refractivity contribution in [2.45, 2.75) is 0 Å². The Bertz CT molecular complexity index is 468. The molecule has 2 aromatic carbocycles. The molecule has 0 aliphatic rings. The quantitative estimate of drug-likeness (QED) is 0.750. The Balaban J connectivity index is 2.29. The Morgan fingerprint density at radius 1 is 0.625 bits per heavy atom. The summed E-state index contributed by atoms with van der Waals surface area (Å²) >= 11 is 0. The second-order valence-electron chi connectivity index (χ2n) is 3.45. The van der Waals surface area contributed by atoms with Gasteiger partial charge in [0.2, 0.25) is 0 Å². The molecule has 2 heteroatoms. The highest BCUT2D eigenvalue weighted by molar-refractivity contribution is 5.74. The van der Waals surface area contributed by atoms with E-state index in [4.69, 9.17) is 0 Å². The van der Waals surface area contributed by atoms with Crippen molar-refractivity contribution < 1.29 is 10.2 Å². The molecule has 2 aromatic rings. The fraction of sp³-hybridized carbons (Fsp3) is 0. The lowest BCUT2D eigenvalue weighted by molar-refractivity contribution is 0.473. The summed E-state index contributed by atoms with van der Waals surface area (Å²) in [5, 5.41) is 19.1. The van der Waals surface area contributed by atoms with E-state index in [0.717, 1.165) is 11.1 Å². The molecule has 0 unspecified atom stereocenters. The van der Waals surface area contributed by atoms with Gasteiger partial charge >= 0.3 is 0 Å². The predicted octanol–water partition coefficient (Wildman–Crippen LogP) is 3.27. The van der Waals surface area contributed by atoms with Gasteiger partial charge in [0.15, 0.2) is 0 Å². The summed E-state index contributed by atoms with van der Waals surface area (Å²) in [6, 6.07) is 14.1. The first-order valence-corrected chi connectivity index (χ1v) is 5.01. The second-order valence-corrected chi connectivity index (χ2v) is 3.45. The number of hydrogen-bond donors (Lipinski definition) is 2. The molecule has 0 saturated heterocycles. The lowest BCUT2D eigenvalue weighted by atomic mass is 10.1. The smallest absolute Gasteiger partial charge is 0.122 e. The average Bonchev–Trinajstić information content (AvgIpc) is 2.30. The van der Waals surface area contributed by atoms with Crippen LogP contribution in [0.25, 0.3) is 12.2 Å². The molecule has 80 valence electrons. The van der Waals surface area contributed by atoms with E-state index in [1.54, 1.807) is 36.4 Å². The van der Waals surface area contributed by atoms with E-state index in [-0.39, 0.29) is 11.5 Å². The number of aromatic hydroxyl groups is 2. The van der Waals surface area contributed by atoms with Gasteiger partial charge < -0.3 is 10.2 Å². The second kappa shape index (κ2) is 4.53. The minimum atomic E-state index is 0.231. The van der Waals surface area contributed by atoms with E-state index in [1.807, 2.05) is 24.3 Å². The first kappa shape index (κ1) is 10.3. The molecule has 0 spiro atoms. The zero-order valence-corrected chi connectivity index (χ0v) is 8.67. The van der Waals surface area contributed by atoms with E-state index < -0.39 is 0 Å². The number of hydrogen-bond acceptors (Lipinski definition) is 2. The molecule has 2 N–H and O–H groups in total. The Labute approximate surface area is 94.1 Å².